The summed E-state index contributed by atoms with van der Waals surface area (Å²) in [6, 6.07) is 7.79. The zero-order chi connectivity index (χ0) is 14.3. The van der Waals surface area contributed by atoms with Gasteiger partial charge in [0.2, 0.25) is 8.32 Å². The topological polar surface area (TPSA) is 47.9 Å². The molecule has 19 heavy (non-hydrogen) atoms. The number of hydrogen-bond donors (Lipinski definition) is 0. The first-order valence-electron chi connectivity index (χ1n) is 6.35. The van der Waals surface area contributed by atoms with Gasteiger partial charge in [-0.3, -0.25) is 4.99 Å². The molecule has 0 saturated carbocycles. The van der Waals surface area contributed by atoms with Crippen LogP contribution in [0.5, 0.6) is 5.75 Å². The van der Waals surface area contributed by atoms with Crippen LogP contribution in [-0.2, 0) is 16.1 Å². The first-order chi connectivity index (χ1) is 8.90. The second-order valence-electron chi connectivity index (χ2n) is 5.08. The van der Waals surface area contributed by atoms with Gasteiger partial charge in [0.05, 0.1) is 13.2 Å². The van der Waals surface area contributed by atoms with Crippen molar-refractivity contribution in [3.63, 3.8) is 0 Å². The third-order valence-corrected chi connectivity index (χ3v) is 2.95. The molecule has 1 rings (SSSR count). The number of aliphatic imine (C=N–C) groups is 1. The quantitative estimate of drug-likeness (QED) is 0.457. The second kappa shape index (κ2) is 7.09. The van der Waals surface area contributed by atoms with Crippen LogP contribution in [0.15, 0.2) is 29.3 Å². The minimum Gasteiger partial charge on any atom is -0.544 e. The molecule has 0 amide bonds. The summed E-state index contributed by atoms with van der Waals surface area (Å²) in [5.74, 6) is 0.485. The SMILES string of the molecule is CCOC(=O)C=NCc1ccc(O[Si](C)(C)C)cc1. The van der Waals surface area contributed by atoms with E-state index in [1.807, 2.05) is 24.3 Å². The highest BCUT2D eigenvalue weighted by Gasteiger charge is 2.15. The van der Waals surface area contributed by atoms with E-state index in [4.69, 9.17) is 9.16 Å². The third kappa shape index (κ3) is 6.76. The molecular weight excluding hydrogens is 258 g/mol. The average molecular weight is 279 g/mol. The van der Waals surface area contributed by atoms with Crippen molar-refractivity contribution in [2.45, 2.75) is 33.1 Å². The van der Waals surface area contributed by atoms with Gasteiger partial charge in [-0.2, -0.15) is 0 Å². The molecule has 0 aliphatic heterocycles. The maximum absolute atomic E-state index is 11.1. The van der Waals surface area contributed by atoms with Crippen molar-refractivity contribution in [2.24, 2.45) is 4.99 Å². The van der Waals surface area contributed by atoms with E-state index in [2.05, 4.69) is 24.6 Å². The fraction of sp³-hybridized carbons (Fsp3) is 0.429. The summed E-state index contributed by atoms with van der Waals surface area (Å²) in [5, 5.41) is 0. The summed E-state index contributed by atoms with van der Waals surface area (Å²) in [6.45, 7) is 9.03. The van der Waals surface area contributed by atoms with Gasteiger partial charge in [-0.15, -0.1) is 0 Å². The van der Waals surface area contributed by atoms with E-state index in [1.165, 1.54) is 6.21 Å². The van der Waals surface area contributed by atoms with Gasteiger partial charge in [0.15, 0.2) is 0 Å². The van der Waals surface area contributed by atoms with E-state index >= 15 is 0 Å². The van der Waals surface area contributed by atoms with Crippen molar-refractivity contribution in [1.29, 1.82) is 0 Å². The summed E-state index contributed by atoms with van der Waals surface area (Å²) in [4.78, 5) is 15.1. The van der Waals surface area contributed by atoms with Crippen LogP contribution in [0.25, 0.3) is 0 Å². The lowest BCUT2D eigenvalue weighted by atomic mass is 10.2. The molecule has 0 bridgehead atoms. The van der Waals surface area contributed by atoms with Crippen molar-refractivity contribution in [1.82, 2.24) is 0 Å². The highest BCUT2D eigenvalue weighted by Crippen LogP contribution is 2.17. The van der Waals surface area contributed by atoms with Gasteiger partial charge >= 0.3 is 5.97 Å². The Kier molecular flexibility index (Phi) is 5.76. The standard InChI is InChI=1S/C14H21NO3Si/c1-5-17-14(16)11-15-10-12-6-8-13(9-7-12)18-19(2,3)4/h6-9,11H,5,10H2,1-4H3. The molecule has 0 aliphatic carbocycles. The van der Waals surface area contributed by atoms with E-state index in [0.29, 0.717) is 13.2 Å². The third-order valence-electron chi connectivity index (χ3n) is 2.10. The molecule has 0 saturated heterocycles. The first-order valence-corrected chi connectivity index (χ1v) is 9.76. The summed E-state index contributed by atoms with van der Waals surface area (Å²) in [5.41, 5.74) is 1.03. The summed E-state index contributed by atoms with van der Waals surface area (Å²) in [7, 11) is -1.56. The van der Waals surface area contributed by atoms with Crippen molar-refractivity contribution in [3.8, 4) is 5.75 Å². The van der Waals surface area contributed by atoms with E-state index < -0.39 is 14.3 Å². The molecule has 4 nitrogen and oxygen atoms in total. The summed E-state index contributed by atoms with van der Waals surface area (Å²) in [6.07, 6.45) is 1.22. The van der Waals surface area contributed by atoms with Gasteiger partial charge in [0, 0.05) is 0 Å². The van der Waals surface area contributed by atoms with Crippen LogP contribution in [0.2, 0.25) is 19.6 Å². The van der Waals surface area contributed by atoms with Gasteiger partial charge in [-0.05, 0) is 44.3 Å². The number of esters is 1. The molecular formula is C14H21NO3Si. The van der Waals surface area contributed by atoms with Crippen LogP contribution >= 0.6 is 0 Å². The maximum atomic E-state index is 11.1. The molecule has 1 aromatic carbocycles. The Bertz CT molecular complexity index is 435. The Labute approximate surface area is 115 Å². The molecule has 0 fully saturated rings. The number of benzene rings is 1. The highest BCUT2D eigenvalue weighted by molar-refractivity contribution is 6.70. The predicted molar refractivity (Wildman–Crippen MR) is 79.2 cm³/mol. The van der Waals surface area contributed by atoms with Crippen molar-refractivity contribution in [3.05, 3.63) is 29.8 Å². The summed E-state index contributed by atoms with van der Waals surface area (Å²) >= 11 is 0. The number of carbonyl (C=O) groups excluding carboxylic acids is 1. The van der Waals surface area contributed by atoms with E-state index in [-0.39, 0.29) is 0 Å². The molecule has 0 aliphatic rings. The maximum Gasteiger partial charge on any atom is 0.348 e. The minimum atomic E-state index is -1.56. The van der Waals surface area contributed by atoms with Crippen LogP contribution in [0.3, 0.4) is 0 Å². The Morgan fingerprint density at radius 1 is 1.26 bits per heavy atom. The molecule has 5 heteroatoms. The molecule has 1 aromatic rings. The van der Waals surface area contributed by atoms with E-state index in [9.17, 15) is 4.79 Å². The lowest BCUT2D eigenvalue weighted by Crippen LogP contribution is -2.29. The largest absolute Gasteiger partial charge is 0.544 e. The second-order valence-corrected chi connectivity index (χ2v) is 9.51. The fourth-order valence-corrected chi connectivity index (χ4v) is 2.26. The smallest absolute Gasteiger partial charge is 0.348 e. The molecule has 0 aromatic heterocycles. The van der Waals surface area contributed by atoms with E-state index in [1.54, 1.807) is 6.92 Å². The molecule has 0 N–H and O–H groups in total. The van der Waals surface area contributed by atoms with Gasteiger partial charge < -0.3 is 9.16 Å². The monoisotopic (exact) mass is 279 g/mol. The Hall–Kier alpha value is -1.62. The molecule has 0 radical (unpaired) electrons. The molecule has 0 atom stereocenters. The number of hydrogen-bond acceptors (Lipinski definition) is 4. The molecule has 0 heterocycles. The molecule has 104 valence electrons. The van der Waals surface area contributed by atoms with Gasteiger partial charge in [-0.25, -0.2) is 4.79 Å². The van der Waals surface area contributed by atoms with Crippen LogP contribution in [-0.4, -0.2) is 27.1 Å². The summed E-state index contributed by atoms with van der Waals surface area (Å²) < 4.78 is 10.6. The van der Waals surface area contributed by atoms with Gasteiger partial charge in [0.25, 0.3) is 0 Å². The number of nitrogens with zero attached hydrogens (tertiary/aromatic N) is 1. The number of rotatable bonds is 6. The molecule has 0 spiro atoms. The van der Waals surface area contributed by atoms with Gasteiger partial charge in [0.1, 0.15) is 12.0 Å². The lowest BCUT2D eigenvalue weighted by molar-refractivity contribution is -0.134. The van der Waals surface area contributed by atoms with Crippen LogP contribution in [0.4, 0.5) is 0 Å². The van der Waals surface area contributed by atoms with Crippen LogP contribution in [0.1, 0.15) is 12.5 Å². The zero-order valence-electron chi connectivity index (χ0n) is 12.0. The molecule has 0 unspecified atom stereocenters. The first kappa shape index (κ1) is 15.4. The van der Waals surface area contributed by atoms with Crippen LogP contribution < -0.4 is 4.43 Å². The van der Waals surface area contributed by atoms with Crippen molar-refractivity contribution >= 4 is 20.5 Å². The average Bonchev–Trinajstić information content (AvgIpc) is 2.30. The van der Waals surface area contributed by atoms with Crippen molar-refractivity contribution in [2.75, 3.05) is 6.61 Å². The Morgan fingerprint density at radius 3 is 2.42 bits per heavy atom. The highest BCUT2D eigenvalue weighted by atomic mass is 28.4. The Morgan fingerprint density at radius 2 is 1.89 bits per heavy atom. The normalized spacial score (nSPS) is 11.6. The predicted octanol–water partition coefficient (Wildman–Crippen LogP) is 3.03. The fourth-order valence-electron chi connectivity index (χ4n) is 1.42. The van der Waals surface area contributed by atoms with Gasteiger partial charge in [-0.1, -0.05) is 12.1 Å². The van der Waals surface area contributed by atoms with E-state index in [0.717, 1.165) is 11.3 Å². The minimum absolute atomic E-state index is 0.369. The van der Waals surface area contributed by atoms with Crippen LogP contribution in [0, 0.1) is 0 Å². The number of carbonyl (C=O) groups is 1. The Balaban J connectivity index is 2.51. The number of ether oxygens (including phenoxy) is 1. The van der Waals surface area contributed by atoms with Crippen molar-refractivity contribution < 1.29 is 14.0 Å². The zero-order valence-corrected chi connectivity index (χ0v) is 13.0. The lowest BCUT2D eigenvalue weighted by Gasteiger charge is -2.19.